The van der Waals surface area contributed by atoms with Crippen LogP contribution >= 0.6 is 0 Å². The van der Waals surface area contributed by atoms with Gasteiger partial charge in [0.25, 0.3) is 0 Å². The molecule has 1 fully saturated rings. The summed E-state index contributed by atoms with van der Waals surface area (Å²) in [6.07, 6.45) is 6.39. The molecule has 1 aliphatic rings. The summed E-state index contributed by atoms with van der Waals surface area (Å²) >= 11 is 0. The molecule has 2 N–H and O–H groups in total. The molecule has 0 aliphatic carbocycles. The van der Waals surface area contributed by atoms with Crippen molar-refractivity contribution in [2.24, 2.45) is 5.92 Å². The lowest BCUT2D eigenvalue weighted by atomic mass is 9.94. The van der Waals surface area contributed by atoms with Crippen LogP contribution in [0.5, 0.6) is 0 Å². The first-order valence-corrected chi connectivity index (χ1v) is 8.92. The van der Waals surface area contributed by atoms with Gasteiger partial charge in [0.15, 0.2) is 0 Å². The minimum Gasteiger partial charge on any atom is -0.335 e. The standard InChI is InChI=1S/C19H30N4O/c1-4-8-16(5-2)21-19(24)22-18-10-12-23(13-15(18)3)14-17-9-6-7-11-20-17/h4,6-7,9,11,15-16,18H,1,5,8,10,12-14H2,2-3H3,(H2,21,22,24)/t15-,16-,18+/m0/s1. The molecule has 0 radical (unpaired) electrons. The van der Waals surface area contributed by atoms with Gasteiger partial charge in [0.1, 0.15) is 0 Å². The smallest absolute Gasteiger partial charge is 0.315 e. The Balaban J connectivity index is 1.78. The van der Waals surface area contributed by atoms with Crippen LogP contribution in [0.3, 0.4) is 0 Å². The summed E-state index contributed by atoms with van der Waals surface area (Å²) in [6.45, 7) is 10.9. The number of amides is 2. The van der Waals surface area contributed by atoms with E-state index in [2.05, 4.69) is 47.0 Å². The molecule has 0 bridgehead atoms. The summed E-state index contributed by atoms with van der Waals surface area (Å²) in [4.78, 5) is 19.0. The van der Waals surface area contributed by atoms with E-state index in [-0.39, 0.29) is 18.1 Å². The number of pyridine rings is 1. The zero-order chi connectivity index (χ0) is 17.4. The molecule has 1 aromatic rings. The number of urea groups is 1. The number of aromatic nitrogens is 1. The predicted molar refractivity (Wildman–Crippen MR) is 97.6 cm³/mol. The lowest BCUT2D eigenvalue weighted by Crippen LogP contribution is -2.53. The van der Waals surface area contributed by atoms with Crippen molar-refractivity contribution in [3.8, 4) is 0 Å². The van der Waals surface area contributed by atoms with Gasteiger partial charge in [0.05, 0.1) is 5.69 Å². The Morgan fingerprint density at radius 3 is 3.00 bits per heavy atom. The third-order valence-corrected chi connectivity index (χ3v) is 4.70. The zero-order valence-corrected chi connectivity index (χ0v) is 14.9. The second-order valence-electron chi connectivity index (χ2n) is 6.68. The molecule has 0 spiro atoms. The summed E-state index contributed by atoms with van der Waals surface area (Å²) in [7, 11) is 0. The number of nitrogens with zero attached hydrogens (tertiary/aromatic N) is 2. The Kier molecular flexibility index (Phi) is 7.25. The first-order chi connectivity index (χ1) is 11.6. The Morgan fingerprint density at radius 2 is 2.38 bits per heavy atom. The van der Waals surface area contributed by atoms with Crippen molar-refractivity contribution in [2.45, 2.75) is 51.7 Å². The van der Waals surface area contributed by atoms with E-state index in [0.717, 1.165) is 44.6 Å². The number of nitrogens with one attached hydrogen (secondary N) is 2. The van der Waals surface area contributed by atoms with Gasteiger partial charge in [-0.1, -0.05) is 26.0 Å². The number of carbonyl (C=O) groups is 1. The van der Waals surface area contributed by atoms with Crippen molar-refractivity contribution in [2.75, 3.05) is 13.1 Å². The molecular formula is C19H30N4O. The molecule has 1 saturated heterocycles. The molecule has 24 heavy (non-hydrogen) atoms. The topological polar surface area (TPSA) is 57.3 Å². The maximum absolute atomic E-state index is 12.2. The van der Waals surface area contributed by atoms with E-state index in [1.165, 1.54) is 0 Å². The summed E-state index contributed by atoms with van der Waals surface area (Å²) in [5.41, 5.74) is 1.10. The van der Waals surface area contributed by atoms with Crippen molar-refractivity contribution < 1.29 is 4.79 Å². The molecule has 2 heterocycles. The average molecular weight is 330 g/mol. The normalized spacial score (nSPS) is 22.6. The molecule has 5 heteroatoms. The lowest BCUT2D eigenvalue weighted by Gasteiger charge is -2.37. The average Bonchev–Trinajstić information content (AvgIpc) is 2.58. The summed E-state index contributed by atoms with van der Waals surface area (Å²) in [5, 5.41) is 6.19. The third kappa shape index (κ3) is 5.64. The van der Waals surface area contributed by atoms with Gasteiger partial charge in [0.2, 0.25) is 0 Å². The van der Waals surface area contributed by atoms with Crippen LogP contribution in [0.1, 0.15) is 38.8 Å². The summed E-state index contributed by atoms with van der Waals surface area (Å²) < 4.78 is 0. The number of piperidine rings is 1. The first kappa shape index (κ1) is 18.5. The summed E-state index contributed by atoms with van der Waals surface area (Å²) in [6, 6.07) is 6.37. The summed E-state index contributed by atoms with van der Waals surface area (Å²) in [5.74, 6) is 0.424. The van der Waals surface area contributed by atoms with Crippen molar-refractivity contribution in [3.63, 3.8) is 0 Å². The van der Waals surface area contributed by atoms with Gasteiger partial charge >= 0.3 is 6.03 Å². The lowest BCUT2D eigenvalue weighted by molar-refractivity contribution is 0.140. The van der Waals surface area contributed by atoms with Crippen LogP contribution in [-0.4, -0.2) is 41.1 Å². The highest BCUT2D eigenvalue weighted by atomic mass is 16.2. The monoisotopic (exact) mass is 330 g/mol. The zero-order valence-electron chi connectivity index (χ0n) is 14.9. The van der Waals surface area contributed by atoms with E-state index < -0.39 is 0 Å². The van der Waals surface area contributed by atoms with Gasteiger partial charge in [0, 0.05) is 37.9 Å². The number of likely N-dealkylation sites (tertiary alicyclic amines) is 1. The van der Waals surface area contributed by atoms with Crippen LogP contribution < -0.4 is 10.6 Å². The Hall–Kier alpha value is -1.88. The molecular weight excluding hydrogens is 300 g/mol. The molecule has 3 atom stereocenters. The van der Waals surface area contributed by atoms with Gasteiger partial charge in [-0.2, -0.15) is 0 Å². The third-order valence-electron chi connectivity index (χ3n) is 4.70. The van der Waals surface area contributed by atoms with Crippen LogP contribution in [0.4, 0.5) is 4.79 Å². The predicted octanol–water partition coefficient (Wildman–Crippen LogP) is 2.95. The maximum Gasteiger partial charge on any atom is 0.315 e. The highest BCUT2D eigenvalue weighted by Crippen LogP contribution is 2.18. The minimum atomic E-state index is -0.0567. The van der Waals surface area contributed by atoms with Crippen molar-refractivity contribution in [3.05, 3.63) is 42.7 Å². The largest absolute Gasteiger partial charge is 0.335 e. The van der Waals surface area contributed by atoms with Crippen LogP contribution in [0.25, 0.3) is 0 Å². The highest BCUT2D eigenvalue weighted by molar-refractivity contribution is 5.74. The van der Waals surface area contributed by atoms with E-state index in [1.807, 2.05) is 24.4 Å². The number of rotatable bonds is 7. The van der Waals surface area contributed by atoms with E-state index in [0.29, 0.717) is 5.92 Å². The van der Waals surface area contributed by atoms with Gasteiger partial charge in [-0.05, 0) is 37.3 Å². The molecule has 2 amide bonds. The second kappa shape index (κ2) is 9.42. The van der Waals surface area contributed by atoms with E-state index in [4.69, 9.17) is 0 Å². The van der Waals surface area contributed by atoms with E-state index in [9.17, 15) is 4.79 Å². The van der Waals surface area contributed by atoms with Gasteiger partial charge in [-0.25, -0.2) is 4.79 Å². The maximum atomic E-state index is 12.2. The Labute approximate surface area is 145 Å². The number of hydrogen-bond acceptors (Lipinski definition) is 3. The Bertz CT molecular complexity index is 519. The van der Waals surface area contributed by atoms with Crippen molar-refractivity contribution in [1.29, 1.82) is 0 Å². The quantitative estimate of drug-likeness (QED) is 0.756. The first-order valence-electron chi connectivity index (χ1n) is 8.92. The molecule has 5 nitrogen and oxygen atoms in total. The SMILES string of the molecule is C=CC[C@H](CC)NC(=O)N[C@@H]1CCN(Cc2ccccn2)C[C@@H]1C. The van der Waals surface area contributed by atoms with Crippen LogP contribution in [0, 0.1) is 5.92 Å². The molecule has 1 aromatic heterocycles. The van der Waals surface area contributed by atoms with Crippen LogP contribution in [0.15, 0.2) is 37.1 Å². The minimum absolute atomic E-state index is 0.0567. The number of hydrogen-bond donors (Lipinski definition) is 2. The van der Waals surface area contributed by atoms with E-state index in [1.54, 1.807) is 0 Å². The fourth-order valence-corrected chi connectivity index (χ4v) is 3.24. The van der Waals surface area contributed by atoms with E-state index >= 15 is 0 Å². The van der Waals surface area contributed by atoms with Gasteiger partial charge < -0.3 is 10.6 Å². The second-order valence-corrected chi connectivity index (χ2v) is 6.68. The fourth-order valence-electron chi connectivity index (χ4n) is 3.24. The number of carbonyl (C=O) groups excluding carboxylic acids is 1. The van der Waals surface area contributed by atoms with Crippen LogP contribution in [-0.2, 0) is 6.54 Å². The van der Waals surface area contributed by atoms with Gasteiger partial charge in [-0.15, -0.1) is 6.58 Å². The fraction of sp³-hybridized carbons (Fsp3) is 0.579. The molecule has 0 unspecified atom stereocenters. The van der Waals surface area contributed by atoms with Crippen LogP contribution in [0.2, 0.25) is 0 Å². The molecule has 132 valence electrons. The van der Waals surface area contributed by atoms with Crippen molar-refractivity contribution >= 4 is 6.03 Å². The van der Waals surface area contributed by atoms with Crippen molar-refractivity contribution in [1.82, 2.24) is 20.5 Å². The Morgan fingerprint density at radius 1 is 1.54 bits per heavy atom. The molecule has 1 aliphatic heterocycles. The molecule has 0 saturated carbocycles. The molecule has 2 rings (SSSR count). The molecule has 0 aromatic carbocycles. The highest BCUT2D eigenvalue weighted by Gasteiger charge is 2.27. The van der Waals surface area contributed by atoms with Gasteiger partial charge in [-0.3, -0.25) is 9.88 Å².